The zero-order valence-electron chi connectivity index (χ0n) is 22.7. The largest absolute Gasteiger partial charge is 0.497 e. The van der Waals surface area contributed by atoms with Crippen LogP contribution in [0.25, 0.3) is 20.7 Å². The van der Waals surface area contributed by atoms with E-state index >= 15 is 0 Å². The van der Waals surface area contributed by atoms with E-state index in [0.29, 0.717) is 11.9 Å². The second-order valence-electron chi connectivity index (χ2n) is 10.1. The fraction of sp³-hybridized carbons (Fsp3) is 0.333. The molecular weight excluding hydrogens is 500 g/mol. The minimum atomic E-state index is -0.652. The highest BCUT2D eigenvalue weighted by Gasteiger charge is 2.32. The average Bonchev–Trinajstić information content (AvgIpc) is 3.31. The SMILES string of the molecule is CCOC(=O)c1cn(Cc2ccccc2OC)c2sc(-c3ccc(OC)cc3)c(C(N)C(C)(C)C)c2c1=O. The monoisotopic (exact) mass is 534 g/mol. The Hall–Kier alpha value is -3.62. The Morgan fingerprint density at radius 3 is 2.34 bits per heavy atom. The molecule has 0 saturated carbocycles. The Labute approximate surface area is 226 Å². The first kappa shape index (κ1) is 27.4. The number of carbonyl (C=O) groups excluding carboxylic acids is 1. The van der Waals surface area contributed by atoms with E-state index in [1.54, 1.807) is 27.3 Å². The summed E-state index contributed by atoms with van der Waals surface area (Å²) in [7, 11) is 3.24. The van der Waals surface area contributed by atoms with Gasteiger partial charge in [-0.3, -0.25) is 4.79 Å². The third kappa shape index (κ3) is 5.19. The number of benzene rings is 2. The van der Waals surface area contributed by atoms with E-state index in [1.807, 2.05) is 73.9 Å². The number of nitrogens with zero attached hydrogens (tertiary/aromatic N) is 1. The summed E-state index contributed by atoms with van der Waals surface area (Å²) in [6, 6.07) is 14.9. The lowest BCUT2D eigenvalue weighted by Crippen LogP contribution is -2.28. The summed E-state index contributed by atoms with van der Waals surface area (Å²) in [6.07, 6.45) is 1.59. The van der Waals surface area contributed by atoms with Gasteiger partial charge in [0.25, 0.3) is 0 Å². The van der Waals surface area contributed by atoms with Crippen molar-refractivity contribution in [3.63, 3.8) is 0 Å². The normalized spacial score (nSPS) is 12.4. The molecule has 38 heavy (non-hydrogen) atoms. The summed E-state index contributed by atoms with van der Waals surface area (Å²) in [5, 5.41) is 0.448. The number of rotatable bonds is 8. The summed E-state index contributed by atoms with van der Waals surface area (Å²) in [6.45, 7) is 8.40. The summed E-state index contributed by atoms with van der Waals surface area (Å²) in [5.74, 6) is 0.799. The summed E-state index contributed by atoms with van der Waals surface area (Å²) in [4.78, 5) is 28.5. The molecule has 1 atom stereocenters. The number of thiophene rings is 1. The molecule has 0 amide bonds. The van der Waals surface area contributed by atoms with Crippen LogP contribution in [0.4, 0.5) is 0 Å². The molecule has 8 heteroatoms. The van der Waals surface area contributed by atoms with Crippen molar-refractivity contribution in [1.29, 1.82) is 0 Å². The van der Waals surface area contributed by atoms with E-state index in [-0.39, 0.29) is 23.0 Å². The molecule has 0 fully saturated rings. The highest BCUT2D eigenvalue weighted by Crippen LogP contribution is 2.45. The quantitative estimate of drug-likeness (QED) is 0.278. The van der Waals surface area contributed by atoms with Gasteiger partial charge in [-0.1, -0.05) is 39.0 Å². The Balaban J connectivity index is 2.09. The third-order valence-electron chi connectivity index (χ3n) is 6.57. The van der Waals surface area contributed by atoms with E-state index in [0.717, 1.165) is 37.9 Å². The first-order valence-electron chi connectivity index (χ1n) is 12.5. The second kappa shape index (κ2) is 11.0. The third-order valence-corrected chi connectivity index (χ3v) is 7.86. The number of ether oxygens (including phenoxy) is 3. The van der Waals surface area contributed by atoms with Crippen LogP contribution in [0.1, 0.15) is 55.2 Å². The summed E-state index contributed by atoms with van der Waals surface area (Å²) in [5.41, 5.74) is 8.69. The van der Waals surface area contributed by atoms with Gasteiger partial charge in [0, 0.05) is 28.2 Å². The Morgan fingerprint density at radius 2 is 1.74 bits per heavy atom. The van der Waals surface area contributed by atoms with Gasteiger partial charge in [0.1, 0.15) is 21.9 Å². The Bertz CT molecular complexity index is 1510. The van der Waals surface area contributed by atoms with Gasteiger partial charge >= 0.3 is 5.97 Å². The van der Waals surface area contributed by atoms with Crippen LogP contribution in [-0.2, 0) is 11.3 Å². The summed E-state index contributed by atoms with van der Waals surface area (Å²) >= 11 is 1.49. The molecule has 2 N–H and O–H groups in total. The van der Waals surface area contributed by atoms with Crippen molar-refractivity contribution in [2.45, 2.75) is 40.3 Å². The van der Waals surface area contributed by atoms with Crippen molar-refractivity contribution in [3.05, 3.63) is 81.6 Å². The zero-order chi connectivity index (χ0) is 27.6. The lowest BCUT2D eigenvalue weighted by Gasteiger charge is -2.28. The van der Waals surface area contributed by atoms with Crippen molar-refractivity contribution >= 4 is 27.5 Å². The molecule has 0 radical (unpaired) electrons. The number of nitrogens with two attached hydrogens (primary N) is 1. The molecule has 0 spiro atoms. The van der Waals surface area contributed by atoms with Crippen LogP contribution >= 0.6 is 11.3 Å². The van der Waals surface area contributed by atoms with Crippen LogP contribution in [0.5, 0.6) is 11.5 Å². The summed E-state index contributed by atoms with van der Waals surface area (Å²) < 4.78 is 18.1. The van der Waals surface area contributed by atoms with Gasteiger partial charge < -0.3 is 24.5 Å². The number of fused-ring (bicyclic) bond motifs is 1. The van der Waals surface area contributed by atoms with Crippen molar-refractivity contribution in [2.24, 2.45) is 11.1 Å². The smallest absolute Gasteiger partial charge is 0.343 e. The molecular formula is C30H34N2O5S. The number of hydrogen-bond acceptors (Lipinski definition) is 7. The molecule has 0 aliphatic heterocycles. The lowest BCUT2D eigenvalue weighted by molar-refractivity contribution is 0.0524. The van der Waals surface area contributed by atoms with Gasteiger partial charge in [0.2, 0.25) is 5.43 Å². The van der Waals surface area contributed by atoms with E-state index in [1.165, 1.54) is 11.3 Å². The van der Waals surface area contributed by atoms with Crippen molar-refractivity contribution < 1.29 is 19.0 Å². The van der Waals surface area contributed by atoms with Crippen LogP contribution in [0.3, 0.4) is 0 Å². The predicted octanol–water partition coefficient (Wildman–Crippen LogP) is 6.02. The minimum absolute atomic E-state index is 0.0179. The molecule has 0 bridgehead atoms. The predicted molar refractivity (Wildman–Crippen MR) is 153 cm³/mol. The van der Waals surface area contributed by atoms with Crippen LogP contribution < -0.4 is 20.6 Å². The van der Waals surface area contributed by atoms with Crippen LogP contribution in [-0.4, -0.2) is 31.4 Å². The van der Waals surface area contributed by atoms with Gasteiger partial charge in [0.15, 0.2) is 0 Å². The van der Waals surface area contributed by atoms with Crippen molar-refractivity contribution in [3.8, 4) is 21.9 Å². The molecule has 4 rings (SSSR count). The zero-order valence-corrected chi connectivity index (χ0v) is 23.5. The van der Waals surface area contributed by atoms with E-state index in [9.17, 15) is 9.59 Å². The number of methoxy groups -OCH3 is 2. The van der Waals surface area contributed by atoms with Gasteiger partial charge in [-0.25, -0.2) is 4.79 Å². The van der Waals surface area contributed by atoms with Crippen molar-refractivity contribution in [2.75, 3.05) is 20.8 Å². The topological polar surface area (TPSA) is 92.8 Å². The Morgan fingerprint density at radius 1 is 1.05 bits per heavy atom. The van der Waals surface area contributed by atoms with Crippen LogP contribution in [0.2, 0.25) is 0 Å². The number of esters is 1. The lowest BCUT2D eigenvalue weighted by atomic mass is 9.81. The highest BCUT2D eigenvalue weighted by atomic mass is 32.1. The minimum Gasteiger partial charge on any atom is -0.497 e. The standard InChI is InChI=1S/C30H34N2O5S/c1-7-37-29(34)21-17-32(16-19-10-8-9-11-22(19)36-6)28-23(25(21)33)24(27(31)30(2,3)4)26(38-28)18-12-14-20(35-5)15-13-18/h8-15,17,27H,7,16,31H2,1-6H3. The molecule has 4 aromatic rings. The van der Waals surface area contributed by atoms with Crippen LogP contribution in [0, 0.1) is 5.41 Å². The molecule has 2 aromatic carbocycles. The van der Waals surface area contributed by atoms with Crippen LogP contribution in [0.15, 0.2) is 59.5 Å². The highest BCUT2D eigenvalue weighted by molar-refractivity contribution is 7.22. The Kier molecular flexibility index (Phi) is 7.94. The van der Waals surface area contributed by atoms with Gasteiger partial charge in [-0.05, 0) is 48.2 Å². The maximum atomic E-state index is 14.0. The first-order chi connectivity index (χ1) is 18.1. The van der Waals surface area contributed by atoms with Gasteiger partial charge in [-0.15, -0.1) is 11.3 Å². The molecule has 2 heterocycles. The molecule has 1 unspecified atom stereocenters. The molecule has 0 aliphatic rings. The van der Waals surface area contributed by atoms with E-state index in [2.05, 4.69) is 0 Å². The van der Waals surface area contributed by atoms with E-state index < -0.39 is 12.0 Å². The van der Waals surface area contributed by atoms with Gasteiger partial charge in [-0.2, -0.15) is 0 Å². The number of pyridine rings is 1. The second-order valence-corrected chi connectivity index (χ2v) is 11.1. The fourth-order valence-corrected chi connectivity index (χ4v) is 5.76. The molecule has 2 aromatic heterocycles. The molecule has 200 valence electrons. The maximum absolute atomic E-state index is 14.0. The van der Waals surface area contributed by atoms with E-state index in [4.69, 9.17) is 19.9 Å². The average molecular weight is 535 g/mol. The number of carbonyl (C=O) groups is 1. The number of para-hydroxylation sites is 1. The number of aromatic nitrogens is 1. The molecule has 0 aliphatic carbocycles. The fourth-order valence-electron chi connectivity index (χ4n) is 4.44. The molecule has 0 saturated heterocycles. The first-order valence-corrected chi connectivity index (χ1v) is 13.3. The van der Waals surface area contributed by atoms with Gasteiger partial charge in [0.05, 0.1) is 32.8 Å². The molecule has 7 nitrogen and oxygen atoms in total. The maximum Gasteiger partial charge on any atom is 0.343 e. The number of hydrogen-bond donors (Lipinski definition) is 1. The van der Waals surface area contributed by atoms with Crippen molar-refractivity contribution in [1.82, 2.24) is 4.57 Å².